The molecule has 0 saturated carbocycles. The van der Waals surface area contributed by atoms with Crippen molar-refractivity contribution in [3.05, 3.63) is 95.4 Å². The van der Waals surface area contributed by atoms with Crippen LogP contribution in [0.1, 0.15) is 17.0 Å². The summed E-state index contributed by atoms with van der Waals surface area (Å²) in [5, 5.41) is 9.81. The largest absolute Gasteiger partial charge is 0.364 e. The van der Waals surface area contributed by atoms with Gasteiger partial charge in [0.2, 0.25) is 5.91 Å². The number of anilines is 1. The van der Waals surface area contributed by atoms with E-state index in [0.29, 0.717) is 0 Å². The maximum atomic E-state index is 14.4. The minimum Gasteiger partial charge on any atom is -0.364 e. The van der Waals surface area contributed by atoms with E-state index in [1.54, 1.807) is 17.1 Å². The second kappa shape index (κ2) is 10.3. The topological polar surface area (TPSA) is 97.6 Å². The number of hydrogen-bond acceptors (Lipinski definition) is 6. The molecule has 0 bridgehead atoms. The fourth-order valence-electron chi connectivity index (χ4n) is 3.20. The zero-order valence-corrected chi connectivity index (χ0v) is 18.6. The van der Waals surface area contributed by atoms with Crippen LogP contribution in [0.5, 0.6) is 0 Å². The second-order valence-corrected chi connectivity index (χ2v) is 7.73. The number of hydrogen-bond donors (Lipinski definition) is 2. The number of nitrogens with zero attached hydrogens (tertiary/aromatic N) is 5. The molecule has 174 valence electrons. The second-order valence-electron chi connectivity index (χ2n) is 7.32. The third kappa shape index (κ3) is 5.70. The standard InChI is InChI=1S/C23H20ClF2N7O/c24-17-8-9-21(30-13-23(25,26)20-7-3-4-10-28-20)32-18(17)11-22(34)29-12-16-5-1-2-6-19(16)33-15-27-14-31-33/h1-10,14-15H,11-13H2,(H,29,34)(H,30,32). The summed E-state index contributed by atoms with van der Waals surface area (Å²) in [7, 11) is 0. The molecule has 0 fully saturated rings. The lowest BCUT2D eigenvalue weighted by atomic mass is 10.1. The van der Waals surface area contributed by atoms with E-state index in [9.17, 15) is 13.6 Å². The Morgan fingerprint density at radius 1 is 1.09 bits per heavy atom. The van der Waals surface area contributed by atoms with Gasteiger partial charge in [0.15, 0.2) is 0 Å². The van der Waals surface area contributed by atoms with Crippen LogP contribution in [0.2, 0.25) is 5.02 Å². The van der Waals surface area contributed by atoms with Crippen molar-refractivity contribution in [1.29, 1.82) is 0 Å². The van der Waals surface area contributed by atoms with Crippen LogP contribution in [-0.2, 0) is 23.7 Å². The van der Waals surface area contributed by atoms with Gasteiger partial charge in [0, 0.05) is 12.7 Å². The van der Waals surface area contributed by atoms with Gasteiger partial charge < -0.3 is 10.6 Å². The SMILES string of the molecule is O=C(Cc1nc(NCC(F)(F)c2ccccn2)ccc1Cl)NCc1ccccc1-n1cncn1. The Hall–Kier alpha value is -3.92. The molecular formula is C23H20ClF2N7O. The lowest BCUT2D eigenvalue weighted by Crippen LogP contribution is -2.27. The average Bonchev–Trinajstić information content (AvgIpc) is 3.39. The molecule has 3 aromatic heterocycles. The van der Waals surface area contributed by atoms with Gasteiger partial charge in [-0.25, -0.2) is 14.6 Å². The predicted molar refractivity (Wildman–Crippen MR) is 123 cm³/mol. The smallest absolute Gasteiger partial charge is 0.306 e. The van der Waals surface area contributed by atoms with Crippen LogP contribution in [0.25, 0.3) is 5.69 Å². The molecule has 2 N–H and O–H groups in total. The highest BCUT2D eigenvalue weighted by atomic mass is 35.5. The third-order valence-corrected chi connectivity index (χ3v) is 5.26. The molecule has 0 aliphatic rings. The average molecular weight is 484 g/mol. The molecule has 1 amide bonds. The highest BCUT2D eigenvalue weighted by molar-refractivity contribution is 6.31. The summed E-state index contributed by atoms with van der Waals surface area (Å²) in [5.41, 5.74) is 1.56. The van der Waals surface area contributed by atoms with Crippen LogP contribution in [0.4, 0.5) is 14.6 Å². The minimum absolute atomic E-state index is 0.115. The minimum atomic E-state index is -3.20. The third-order valence-electron chi connectivity index (χ3n) is 4.91. The molecule has 0 saturated heterocycles. The van der Waals surface area contributed by atoms with Gasteiger partial charge in [0.25, 0.3) is 0 Å². The summed E-state index contributed by atoms with van der Waals surface area (Å²) >= 11 is 6.19. The Morgan fingerprint density at radius 3 is 2.68 bits per heavy atom. The first kappa shape index (κ1) is 23.2. The van der Waals surface area contributed by atoms with Crippen molar-refractivity contribution in [3.63, 3.8) is 0 Å². The zero-order chi connectivity index (χ0) is 24.0. The van der Waals surface area contributed by atoms with Crippen molar-refractivity contribution in [2.24, 2.45) is 0 Å². The van der Waals surface area contributed by atoms with Crippen molar-refractivity contribution >= 4 is 23.3 Å². The lowest BCUT2D eigenvalue weighted by molar-refractivity contribution is -0.120. The van der Waals surface area contributed by atoms with Crippen molar-refractivity contribution in [2.45, 2.75) is 18.9 Å². The van der Waals surface area contributed by atoms with Gasteiger partial charge in [-0.2, -0.15) is 13.9 Å². The molecule has 4 rings (SSSR count). The van der Waals surface area contributed by atoms with E-state index in [4.69, 9.17) is 11.6 Å². The molecule has 11 heteroatoms. The Morgan fingerprint density at radius 2 is 1.91 bits per heavy atom. The fraction of sp³-hybridized carbons (Fsp3) is 0.174. The molecule has 0 aliphatic carbocycles. The van der Waals surface area contributed by atoms with E-state index >= 15 is 0 Å². The number of amides is 1. The van der Waals surface area contributed by atoms with Crippen LogP contribution >= 0.6 is 11.6 Å². The molecule has 4 aromatic rings. The van der Waals surface area contributed by atoms with Crippen LogP contribution in [0.15, 0.2) is 73.4 Å². The molecular weight excluding hydrogens is 464 g/mol. The van der Waals surface area contributed by atoms with E-state index in [-0.39, 0.29) is 41.1 Å². The predicted octanol–water partition coefficient (Wildman–Crippen LogP) is 3.77. The number of aromatic nitrogens is 5. The van der Waals surface area contributed by atoms with E-state index in [1.807, 2.05) is 24.3 Å². The number of carbonyl (C=O) groups is 1. The summed E-state index contributed by atoms with van der Waals surface area (Å²) in [6, 6.07) is 14.8. The van der Waals surface area contributed by atoms with Gasteiger partial charge in [0.1, 0.15) is 24.2 Å². The first-order valence-corrected chi connectivity index (χ1v) is 10.7. The molecule has 8 nitrogen and oxygen atoms in total. The summed E-state index contributed by atoms with van der Waals surface area (Å²) in [4.78, 5) is 24.4. The summed E-state index contributed by atoms with van der Waals surface area (Å²) in [5.74, 6) is -3.34. The number of alkyl halides is 2. The van der Waals surface area contributed by atoms with Gasteiger partial charge in [-0.1, -0.05) is 35.9 Å². The number of benzene rings is 1. The van der Waals surface area contributed by atoms with Crippen LogP contribution in [0, 0.1) is 0 Å². The highest BCUT2D eigenvalue weighted by Gasteiger charge is 2.32. The molecule has 0 atom stereocenters. The molecule has 0 unspecified atom stereocenters. The summed E-state index contributed by atoms with van der Waals surface area (Å²) in [6.07, 6.45) is 4.19. The first-order valence-electron chi connectivity index (χ1n) is 10.3. The van der Waals surface area contributed by atoms with Gasteiger partial charge in [-0.15, -0.1) is 0 Å². The van der Waals surface area contributed by atoms with Crippen molar-refractivity contribution in [1.82, 2.24) is 30.0 Å². The van der Waals surface area contributed by atoms with Crippen molar-refractivity contribution in [2.75, 3.05) is 11.9 Å². The molecule has 0 radical (unpaired) electrons. The maximum Gasteiger partial charge on any atom is 0.306 e. The highest BCUT2D eigenvalue weighted by Crippen LogP contribution is 2.26. The first-order chi connectivity index (χ1) is 16.4. The van der Waals surface area contributed by atoms with E-state index < -0.39 is 12.5 Å². The van der Waals surface area contributed by atoms with Crippen molar-refractivity contribution < 1.29 is 13.6 Å². The van der Waals surface area contributed by atoms with Crippen LogP contribution in [0.3, 0.4) is 0 Å². The van der Waals surface area contributed by atoms with Gasteiger partial charge in [0.05, 0.1) is 29.4 Å². The molecule has 34 heavy (non-hydrogen) atoms. The Balaban J connectivity index is 1.38. The van der Waals surface area contributed by atoms with E-state index in [2.05, 4.69) is 30.7 Å². The monoisotopic (exact) mass is 483 g/mol. The molecule has 0 spiro atoms. The summed E-state index contributed by atoms with van der Waals surface area (Å²) < 4.78 is 30.4. The number of nitrogens with one attached hydrogen (secondary N) is 2. The number of rotatable bonds is 9. The quantitative estimate of drug-likeness (QED) is 0.376. The number of carbonyl (C=O) groups excluding carboxylic acids is 1. The molecule has 1 aromatic carbocycles. The molecule has 0 aliphatic heterocycles. The zero-order valence-electron chi connectivity index (χ0n) is 17.8. The Bertz CT molecular complexity index is 1250. The normalized spacial score (nSPS) is 11.3. The van der Waals surface area contributed by atoms with Crippen molar-refractivity contribution in [3.8, 4) is 5.69 Å². The fourth-order valence-corrected chi connectivity index (χ4v) is 3.37. The number of halogens is 3. The number of pyridine rings is 2. The Kier molecular flexibility index (Phi) is 7.07. The number of para-hydroxylation sites is 1. The summed E-state index contributed by atoms with van der Waals surface area (Å²) in [6.45, 7) is -0.454. The van der Waals surface area contributed by atoms with Gasteiger partial charge in [-0.05, 0) is 35.9 Å². The van der Waals surface area contributed by atoms with E-state index in [0.717, 1.165) is 11.3 Å². The maximum absolute atomic E-state index is 14.4. The van der Waals surface area contributed by atoms with Crippen LogP contribution in [-0.4, -0.2) is 37.2 Å². The van der Waals surface area contributed by atoms with Gasteiger partial charge >= 0.3 is 5.92 Å². The Labute approximate surface area is 199 Å². The lowest BCUT2D eigenvalue weighted by Gasteiger charge is -2.17. The van der Waals surface area contributed by atoms with Crippen LogP contribution < -0.4 is 10.6 Å². The van der Waals surface area contributed by atoms with Gasteiger partial charge in [-0.3, -0.25) is 9.78 Å². The van der Waals surface area contributed by atoms with E-state index in [1.165, 1.54) is 36.8 Å². The molecule has 3 heterocycles.